The van der Waals surface area contributed by atoms with Crippen molar-refractivity contribution in [1.29, 1.82) is 0 Å². The predicted molar refractivity (Wildman–Crippen MR) is 116 cm³/mol. The average molecular weight is 407 g/mol. The molecule has 0 spiro atoms. The fourth-order valence-corrected chi connectivity index (χ4v) is 5.43. The molecule has 2 amide bonds. The molecule has 2 bridgehead atoms. The molecule has 2 aromatic rings. The molecule has 3 fully saturated rings. The zero-order chi connectivity index (χ0) is 20.5. The van der Waals surface area contributed by atoms with Gasteiger partial charge in [-0.05, 0) is 60.8 Å². The maximum absolute atomic E-state index is 12.4. The molecule has 5 nitrogen and oxygen atoms in total. The first-order chi connectivity index (χ1) is 14.7. The number of carbonyl (C=O) groups excluding carboxylic acids is 1. The first-order valence-electron chi connectivity index (χ1n) is 11.1. The number of nitrogens with zero attached hydrogens (tertiary/aromatic N) is 1. The fraction of sp³-hybridized carbons (Fsp3) is 0.480. The Hall–Kier alpha value is -2.69. The lowest BCUT2D eigenvalue weighted by molar-refractivity contribution is 0.133. The van der Waals surface area contributed by atoms with Crippen LogP contribution in [-0.4, -0.2) is 37.2 Å². The van der Waals surface area contributed by atoms with Crippen molar-refractivity contribution >= 4 is 6.03 Å². The Morgan fingerprint density at radius 1 is 1.07 bits per heavy atom. The highest BCUT2D eigenvalue weighted by Crippen LogP contribution is 2.47. The summed E-state index contributed by atoms with van der Waals surface area (Å²) < 4.78 is 12.1. The lowest BCUT2D eigenvalue weighted by atomic mass is 9.95. The highest BCUT2D eigenvalue weighted by molar-refractivity contribution is 5.75. The normalized spacial score (nSPS) is 27.8. The monoisotopic (exact) mass is 406 g/mol. The van der Waals surface area contributed by atoms with Crippen LogP contribution in [0.4, 0.5) is 4.79 Å². The van der Waals surface area contributed by atoms with Crippen LogP contribution < -0.4 is 14.8 Å². The number of carbonyl (C=O) groups is 1. The lowest BCUT2D eigenvalue weighted by Gasteiger charge is -2.34. The van der Waals surface area contributed by atoms with E-state index in [1.54, 1.807) is 7.11 Å². The van der Waals surface area contributed by atoms with Gasteiger partial charge >= 0.3 is 6.03 Å². The Bertz CT molecular complexity index is 901. The van der Waals surface area contributed by atoms with E-state index in [1.807, 2.05) is 29.2 Å². The molecule has 2 saturated carbocycles. The first-order valence-corrected chi connectivity index (χ1v) is 11.1. The summed E-state index contributed by atoms with van der Waals surface area (Å²) in [5.74, 6) is 3.40. The van der Waals surface area contributed by atoms with E-state index in [0.29, 0.717) is 31.7 Å². The minimum Gasteiger partial charge on any atom is -0.493 e. The van der Waals surface area contributed by atoms with Crippen LogP contribution in [0.15, 0.2) is 48.5 Å². The second kappa shape index (κ2) is 8.21. The third kappa shape index (κ3) is 3.85. The number of ether oxygens (including phenoxy) is 2. The molecule has 3 aliphatic rings. The first kappa shape index (κ1) is 19.3. The summed E-state index contributed by atoms with van der Waals surface area (Å²) in [5, 5.41) is 3.06. The molecular formula is C25H30N2O3. The minimum absolute atomic E-state index is 0.00192. The molecule has 158 valence electrons. The summed E-state index contributed by atoms with van der Waals surface area (Å²) in [4.78, 5) is 14.3. The zero-order valence-corrected chi connectivity index (χ0v) is 17.5. The van der Waals surface area contributed by atoms with Crippen LogP contribution in [-0.2, 0) is 6.54 Å². The smallest absolute Gasteiger partial charge is 0.317 e. The van der Waals surface area contributed by atoms with Crippen LogP contribution in [0.1, 0.15) is 42.7 Å². The average Bonchev–Trinajstić information content (AvgIpc) is 3.39. The summed E-state index contributed by atoms with van der Waals surface area (Å²) >= 11 is 0. The Morgan fingerprint density at radius 2 is 1.93 bits per heavy atom. The number of urea groups is 1. The van der Waals surface area contributed by atoms with Gasteiger partial charge in [-0.3, -0.25) is 0 Å². The fourth-order valence-electron chi connectivity index (χ4n) is 5.43. The molecule has 2 aliphatic carbocycles. The molecular weight excluding hydrogens is 376 g/mol. The van der Waals surface area contributed by atoms with Gasteiger partial charge in [0.05, 0.1) is 7.11 Å². The van der Waals surface area contributed by atoms with Crippen molar-refractivity contribution in [2.24, 2.45) is 11.8 Å². The molecule has 0 aromatic heterocycles. The number of fused-ring (bicyclic) bond motifs is 2. The Morgan fingerprint density at radius 3 is 2.67 bits per heavy atom. The van der Waals surface area contributed by atoms with E-state index >= 15 is 0 Å². The number of benzene rings is 2. The van der Waals surface area contributed by atoms with Crippen molar-refractivity contribution in [3.05, 3.63) is 59.7 Å². The van der Waals surface area contributed by atoms with E-state index in [4.69, 9.17) is 9.47 Å². The van der Waals surface area contributed by atoms with Gasteiger partial charge in [-0.1, -0.05) is 36.4 Å². The topological polar surface area (TPSA) is 50.8 Å². The maximum atomic E-state index is 12.4. The van der Waals surface area contributed by atoms with Crippen LogP contribution in [0.25, 0.3) is 0 Å². The number of methoxy groups -OCH3 is 1. The summed E-state index contributed by atoms with van der Waals surface area (Å²) in [7, 11) is 1.70. The van der Waals surface area contributed by atoms with Crippen molar-refractivity contribution in [3.63, 3.8) is 0 Å². The summed E-state index contributed by atoms with van der Waals surface area (Å²) in [6, 6.07) is 16.4. The summed E-state index contributed by atoms with van der Waals surface area (Å²) in [5.41, 5.74) is 2.33. The van der Waals surface area contributed by atoms with Gasteiger partial charge in [0.2, 0.25) is 0 Å². The second-order valence-electron chi connectivity index (χ2n) is 8.99. The Balaban J connectivity index is 1.32. The van der Waals surface area contributed by atoms with Gasteiger partial charge in [0.25, 0.3) is 0 Å². The minimum atomic E-state index is 0.00192. The van der Waals surface area contributed by atoms with Crippen molar-refractivity contribution in [1.82, 2.24) is 10.2 Å². The molecule has 4 atom stereocenters. The highest BCUT2D eigenvalue weighted by Gasteiger charge is 2.41. The van der Waals surface area contributed by atoms with E-state index in [1.165, 1.54) is 31.2 Å². The van der Waals surface area contributed by atoms with Crippen molar-refractivity contribution in [2.45, 2.75) is 44.2 Å². The van der Waals surface area contributed by atoms with Gasteiger partial charge in [-0.15, -0.1) is 0 Å². The molecule has 5 rings (SSSR count). The van der Waals surface area contributed by atoms with Crippen LogP contribution >= 0.6 is 0 Å². The highest BCUT2D eigenvalue weighted by atomic mass is 16.5. The van der Waals surface area contributed by atoms with E-state index < -0.39 is 0 Å². The van der Waals surface area contributed by atoms with Crippen molar-refractivity contribution < 1.29 is 14.3 Å². The largest absolute Gasteiger partial charge is 0.493 e. The van der Waals surface area contributed by atoms with Gasteiger partial charge in [-0.25, -0.2) is 4.79 Å². The van der Waals surface area contributed by atoms with E-state index in [2.05, 4.69) is 29.6 Å². The third-order valence-electron chi connectivity index (χ3n) is 7.05. The summed E-state index contributed by atoms with van der Waals surface area (Å²) in [6.45, 7) is 1.96. The quantitative estimate of drug-likeness (QED) is 0.764. The number of rotatable bonds is 6. The van der Waals surface area contributed by atoms with Gasteiger partial charge in [0, 0.05) is 25.6 Å². The van der Waals surface area contributed by atoms with E-state index in [0.717, 1.165) is 23.0 Å². The molecule has 1 N–H and O–H groups in total. The van der Waals surface area contributed by atoms with Gasteiger partial charge in [0.1, 0.15) is 6.10 Å². The van der Waals surface area contributed by atoms with Gasteiger partial charge in [0.15, 0.2) is 11.5 Å². The third-order valence-corrected chi connectivity index (χ3v) is 7.05. The van der Waals surface area contributed by atoms with Gasteiger partial charge < -0.3 is 19.7 Å². The maximum Gasteiger partial charge on any atom is 0.317 e. The number of hydrogen-bond acceptors (Lipinski definition) is 3. The number of nitrogens with one attached hydrogen (secondary N) is 1. The molecule has 2 aromatic carbocycles. The van der Waals surface area contributed by atoms with Crippen LogP contribution in [0.3, 0.4) is 0 Å². The zero-order valence-electron chi connectivity index (χ0n) is 17.5. The predicted octanol–water partition coefficient (Wildman–Crippen LogP) is 4.57. The lowest BCUT2D eigenvalue weighted by Crippen LogP contribution is -2.49. The van der Waals surface area contributed by atoms with Crippen LogP contribution in [0.5, 0.6) is 11.5 Å². The number of hydrogen-bond donors (Lipinski definition) is 1. The Kier molecular flexibility index (Phi) is 5.28. The molecule has 30 heavy (non-hydrogen) atoms. The molecule has 1 saturated heterocycles. The second-order valence-corrected chi connectivity index (χ2v) is 8.99. The molecule has 5 heteroatoms. The molecule has 1 heterocycles. The number of amides is 2. The molecule has 0 radical (unpaired) electrons. The molecule has 4 unspecified atom stereocenters. The van der Waals surface area contributed by atoms with Crippen molar-refractivity contribution in [2.75, 3.05) is 20.2 Å². The Labute approximate surface area is 178 Å². The summed E-state index contributed by atoms with van der Waals surface area (Å²) in [6.07, 6.45) is 5.45. The van der Waals surface area contributed by atoms with Crippen LogP contribution in [0, 0.1) is 11.8 Å². The van der Waals surface area contributed by atoms with Crippen LogP contribution in [0.2, 0.25) is 0 Å². The van der Waals surface area contributed by atoms with E-state index in [9.17, 15) is 4.79 Å². The van der Waals surface area contributed by atoms with E-state index in [-0.39, 0.29) is 11.9 Å². The molecule has 1 aliphatic heterocycles. The standard InChI is InChI=1S/C25H30N2O3/c1-29-22-10-9-19(13-24(22)30-23-12-18-7-8-20(23)11-18)21-14-26-25(28)27(16-21)15-17-5-3-2-4-6-17/h2-6,9-10,13,18,20-21,23H,7-8,11-12,14-16H2,1H3,(H,26,28). The van der Waals surface area contributed by atoms with Crippen molar-refractivity contribution in [3.8, 4) is 11.5 Å². The van der Waals surface area contributed by atoms with Gasteiger partial charge in [-0.2, -0.15) is 0 Å². The SMILES string of the molecule is COc1ccc(C2CNC(=O)N(Cc3ccccc3)C2)cc1OC1CC2CCC1C2.